The summed E-state index contributed by atoms with van der Waals surface area (Å²) >= 11 is 11.9. The molecule has 0 aliphatic rings. The molecule has 2 atom stereocenters. The van der Waals surface area contributed by atoms with E-state index in [1.54, 1.807) is 31.2 Å². The van der Waals surface area contributed by atoms with E-state index in [4.69, 9.17) is 27.9 Å². The molecule has 2 aromatic carbocycles. The Morgan fingerprint density at radius 2 is 1.95 bits per heavy atom. The molecule has 112 valence electrons. The van der Waals surface area contributed by atoms with Crippen molar-refractivity contribution in [3.05, 3.63) is 63.9 Å². The van der Waals surface area contributed by atoms with Crippen LogP contribution < -0.4 is 4.74 Å². The van der Waals surface area contributed by atoms with E-state index in [1.165, 1.54) is 18.2 Å². The zero-order valence-electron chi connectivity index (χ0n) is 11.4. The Balaban J connectivity index is 2.02. The highest BCUT2D eigenvalue weighted by Gasteiger charge is 2.18. The molecular weight excluding hydrogens is 314 g/mol. The fourth-order valence-corrected chi connectivity index (χ4v) is 2.30. The topological polar surface area (TPSA) is 29.5 Å². The molecule has 2 rings (SSSR count). The summed E-state index contributed by atoms with van der Waals surface area (Å²) in [6, 6.07) is 11.0. The van der Waals surface area contributed by atoms with Gasteiger partial charge in [0.15, 0.2) is 0 Å². The van der Waals surface area contributed by atoms with Gasteiger partial charge in [-0.1, -0.05) is 29.3 Å². The third kappa shape index (κ3) is 4.60. The highest BCUT2D eigenvalue weighted by Crippen LogP contribution is 2.22. The molecular formula is C16H15Cl2FO2. The quantitative estimate of drug-likeness (QED) is 0.875. The normalized spacial score (nSPS) is 13.8. The second-order valence-electron chi connectivity index (χ2n) is 4.79. The van der Waals surface area contributed by atoms with E-state index in [9.17, 15) is 9.50 Å². The first-order valence-corrected chi connectivity index (χ1v) is 7.25. The third-order valence-corrected chi connectivity index (χ3v) is 3.70. The van der Waals surface area contributed by atoms with Crippen LogP contribution in [0.15, 0.2) is 42.5 Å². The Morgan fingerprint density at radius 1 is 1.19 bits per heavy atom. The van der Waals surface area contributed by atoms with Crippen molar-refractivity contribution in [1.82, 2.24) is 0 Å². The van der Waals surface area contributed by atoms with Gasteiger partial charge in [-0.25, -0.2) is 4.39 Å². The average molecular weight is 329 g/mol. The van der Waals surface area contributed by atoms with Gasteiger partial charge in [0.05, 0.1) is 6.10 Å². The molecule has 2 unspecified atom stereocenters. The number of hydrogen-bond acceptors (Lipinski definition) is 2. The monoisotopic (exact) mass is 328 g/mol. The molecule has 0 amide bonds. The minimum Gasteiger partial charge on any atom is -0.488 e. The van der Waals surface area contributed by atoms with E-state index in [2.05, 4.69) is 0 Å². The Kier molecular flexibility index (Phi) is 5.45. The minimum absolute atomic E-state index is 0.207. The van der Waals surface area contributed by atoms with Gasteiger partial charge in [0.2, 0.25) is 0 Å². The predicted molar refractivity (Wildman–Crippen MR) is 82.7 cm³/mol. The number of aliphatic hydroxyl groups is 1. The van der Waals surface area contributed by atoms with Crippen LogP contribution in [0.4, 0.5) is 4.39 Å². The van der Waals surface area contributed by atoms with Gasteiger partial charge in [0.1, 0.15) is 17.7 Å². The van der Waals surface area contributed by atoms with Crippen LogP contribution >= 0.6 is 23.2 Å². The second-order valence-corrected chi connectivity index (χ2v) is 5.63. The lowest BCUT2D eigenvalue weighted by molar-refractivity contribution is 0.0478. The average Bonchev–Trinajstić information content (AvgIpc) is 2.43. The molecule has 2 aromatic rings. The maximum absolute atomic E-state index is 13.2. The number of benzene rings is 2. The molecule has 0 spiro atoms. The van der Waals surface area contributed by atoms with E-state index in [1.807, 2.05) is 0 Å². The van der Waals surface area contributed by atoms with Crippen LogP contribution in [0.5, 0.6) is 5.75 Å². The molecule has 21 heavy (non-hydrogen) atoms. The molecule has 0 saturated carbocycles. The van der Waals surface area contributed by atoms with Crippen molar-refractivity contribution >= 4 is 23.2 Å². The van der Waals surface area contributed by atoms with Crippen molar-refractivity contribution in [2.75, 3.05) is 0 Å². The molecule has 0 aliphatic carbocycles. The van der Waals surface area contributed by atoms with Crippen molar-refractivity contribution in [3.8, 4) is 5.75 Å². The lowest BCUT2D eigenvalue weighted by Gasteiger charge is -2.21. The van der Waals surface area contributed by atoms with E-state index < -0.39 is 12.2 Å². The lowest BCUT2D eigenvalue weighted by Crippen LogP contribution is -2.30. The van der Waals surface area contributed by atoms with Gasteiger partial charge in [-0.2, -0.15) is 0 Å². The zero-order valence-corrected chi connectivity index (χ0v) is 12.9. The van der Waals surface area contributed by atoms with Crippen molar-refractivity contribution in [2.24, 2.45) is 0 Å². The molecule has 0 saturated heterocycles. The summed E-state index contributed by atoms with van der Waals surface area (Å²) in [5.74, 6) is 0.185. The maximum Gasteiger partial charge on any atom is 0.123 e. The number of ether oxygens (including phenoxy) is 1. The summed E-state index contributed by atoms with van der Waals surface area (Å²) < 4.78 is 18.8. The lowest BCUT2D eigenvalue weighted by atomic mass is 10.0. The number of hydrogen-bond donors (Lipinski definition) is 1. The van der Waals surface area contributed by atoms with Gasteiger partial charge in [0.25, 0.3) is 0 Å². The van der Waals surface area contributed by atoms with Crippen molar-refractivity contribution in [3.63, 3.8) is 0 Å². The van der Waals surface area contributed by atoms with Crippen LogP contribution in [-0.4, -0.2) is 17.3 Å². The molecule has 0 aliphatic heterocycles. The molecule has 0 fully saturated rings. The zero-order chi connectivity index (χ0) is 15.4. The van der Waals surface area contributed by atoms with Gasteiger partial charge < -0.3 is 9.84 Å². The van der Waals surface area contributed by atoms with Crippen LogP contribution in [-0.2, 0) is 6.42 Å². The summed E-state index contributed by atoms with van der Waals surface area (Å²) in [4.78, 5) is 0. The Hall–Kier alpha value is -1.29. The van der Waals surface area contributed by atoms with Crippen molar-refractivity contribution < 1.29 is 14.2 Å². The smallest absolute Gasteiger partial charge is 0.123 e. The van der Waals surface area contributed by atoms with Gasteiger partial charge >= 0.3 is 0 Å². The standard InChI is InChI=1S/C16H15Cl2FO2/c1-10(21-14-4-2-3-12(17)9-14)16(20)8-11-7-13(19)5-6-15(11)18/h2-7,9-10,16,20H,8H2,1H3. The van der Waals surface area contributed by atoms with Crippen LogP contribution in [0, 0.1) is 5.82 Å². The molecule has 0 heterocycles. The summed E-state index contributed by atoms with van der Waals surface area (Å²) in [6.07, 6.45) is -1.09. The first kappa shape index (κ1) is 16.1. The Morgan fingerprint density at radius 3 is 2.67 bits per heavy atom. The highest BCUT2D eigenvalue weighted by atomic mass is 35.5. The SMILES string of the molecule is CC(Oc1cccc(Cl)c1)C(O)Cc1cc(F)ccc1Cl. The first-order chi connectivity index (χ1) is 9.95. The van der Waals surface area contributed by atoms with Crippen LogP contribution in [0.1, 0.15) is 12.5 Å². The van der Waals surface area contributed by atoms with Gasteiger partial charge in [-0.05, 0) is 48.9 Å². The number of aliphatic hydroxyl groups excluding tert-OH is 1. The summed E-state index contributed by atoms with van der Waals surface area (Å²) in [7, 11) is 0. The molecule has 2 nitrogen and oxygen atoms in total. The molecule has 0 aromatic heterocycles. The predicted octanol–water partition coefficient (Wildman–Crippen LogP) is 4.50. The third-order valence-electron chi connectivity index (χ3n) is 3.10. The fraction of sp³-hybridized carbons (Fsp3) is 0.250. The van der Waals surface area contributed by atoms with Gasteiger partial charge in [0, 0.05) is 16.5 Å². The Labute approximate surface area is 133 Å². The van der Waals surface area contributed by atoms with E-state index in [-0.39, 0.29) is 12.2 Å². The molecule has 0 radical (unpaired) electrons. The van der Waals surface area contributed by atoms with Crippen LogP contribution in [0.2, 0.25) is 10.0 Å². The van der Waals surface area contributed by atoms with Gasteiger partial charge in [-0.15, -0.1) is 0 Å². The van der Waals surface area contributed by atoms with E-state index >= 15 is 0 Å². The maximum atomic E-state index is 13.2. The Bertz CT molecular complexity index is 619. The van der Waals surface area contributed by atoms with Gasteiger partial charge in [-0.3, -0.25) is 0 Å². The van der Waals surface area contributed by atoms with Crippen LogP contribution in [0.25, 0.3) is 0 Å². The number of halogens is 3. The highest BCUT2D eigenvalue weighted by molar-refractivity contribution is 6.31. The van der Waals surface area contributed by atoms with E-state index in [0.29, 0.717) is 21.4 Å². The van der Waals surface area contributed by atoms with Crippen LogP contribution in [0.3, 0.4) is 0 Å². The molecule has 5 heteroatoms. The first-order valence-electron chi connectivity index (χ1n) is 6.50. The minimum atomic E-state index is -0.816. The summed E-state index contributed by atoms with van der Waals surface area (Å²) in [5.41, 5.74) is 0.547. The van der Waals surface area contributed by atoms with E-state index in [0.717, 1.165) is 0 Å². The molecule has 1 N–H and O–H groups in total. The summed E-state index contributed by atoms with van der Waals surface area (Å²) in [5, 5.41) is 11.2. The molecule has 0 bridgehead atoms. The van der Waals surface area contributed by atoms with Crippen molar-refractivity contribution in [1.29, 1.82) is 0 Å². The second kappa shape index (κ2) is 7.12. The number of rotatable bonds is 5. The largest absolute Gasteiger partial charge is 0.488 e. The summed E-state index contributed by atoms with van der Waals surface area (Å²) in [6.45, 7) is 1.73. The van der Waals surface area contributed by atoms with Crippen molar-refractivity contribution in [2.45, 2.75) is 25.6 Å². The fourth-order valence-electron chi connectivity index (χ4n) is 1.92.